The Morgan fingerprint density at radius 3 is 2.33 bits per heavy atom. The first-order chi connectivity index (χ1) is 4.06. The fraction of sp³-hybridized carbons (Fsp3) is 1.00. The van der Waals surface area contributed by atoms with E-state index in [1.807, 2.05) is 6.92 Å². The minimum absolute atomic E-state index is 0.229. The minimum atomic E-state index is -1.06. The van der Waals surface area contributed by atoms with Crippen LogP contribution in [0.5, 0.6) is 0 Å². The number of halogens is 1. The fourth-order valence-corrected chi connectivity index (χ4v) is 1.70. The third kappa shape index (κ3) is 0.480. The lowest BCUT2D eigenvalue weighted by Gasteiger charge is -2.19. The molecule has 2 fully saturated rings. The molecule has 1 saturated heterocycles. The van der Waals surface area contributed by atoms with Crippen LogP contribution in [0.1, 0.15) is 26.7 Å². The number of epoxide rings is 1. The number of fused-ring (bicyclic) bond motifs is 1. The molecule has 9 heavy (non-hydrogen) atoms. The van der Waals surface area contributed by atoms with E-state index in [0.717, 1.165) is 6.42 Å². The van der Waals surface area contributed by atoms with Crippen LogP contribution in [0.4, 0.5) is 4.39 Å². The molecule has 1 nitrogen and oxygen atoms in total. The van der Waals surface area contributed by atoms with Gasteiger partial charge in [0.1, 0.15) is 11.3 Å². The third-order valence-electron chi connectivity index (χ3n) is 2.86. The van der Waals surface area contributed by atoms with Crippen molar-refractivity contribution in [3.63, 3.8) is 0 Å². The lowest BCUT2D eigenvalue weighted by Crippen LogP contribution is -2.32. The third-order valence-corrected chi connectivity index (χ3v) is 2.86. The van der Waals surface area contributed by atoms with E-state index < -0.39 is 11.3 Å². The van der Waals surface area contributed by atoms with Gasteiger partial charge in [0.15, 0.2) is 0 Å². The highest BCUT2D eigenvalue weighted by molar-refractivity contribution is 5.17. The van der Waals surface area contributed by atoms with Crippen molar-refractivity contribution in [2.75, 3.05) is 0 Å². The van der Waals surface area contributed by atoms with Crippen molar-refractivity contribution in [3.8, 4) is 0 Å². The first-order valence-electron chi connectivity index (χ1n) is 3.43. The van der Waals surface area contributed by atoms with E-state index in [0.29, 0.717) is 6.42 Å². The molecule has 52 valence electrons. The zero-order chi connectivity index (χ0) is 6.70. The summed E-state index contributed by atoms with van der Waals surface area (Å²) in [6.07, 6.45) is 1.81. The summed E-state index contributed by atoms with van der Waals surface area (Å²) in [5.74, 6) is 0. The molecule has 1 saturated carbocycles. The maximum atomic E-state index is 13.3. The van der Waals surface area contributed by atoms with Crippen LogP contribution in [0.15, 0.2) is 0 Å². The molecule has 0 N–H and O–H groups in total. The molecule has 1 aliphatic heterocycles. The molecular formula is C7H11FO. The normalized spacial score (nSPS) is 63.7. The zero-order valence-corrected chi connectivity index (χ0v) is 5.78. The van der Waals surface area contributed by atoms with Gasteiger partial charge in [-0.05, 0) is 26.7 Å². The van der Waals surface area contributed by atoms with Crippen LogP contribution in [-0.4, -0.2) is 17.4 Å². The van der Waals surface area contributed by atoms with E-state index in [-0.39, 0.29) is 6.10 Å². The molecule has 0 radical (unpaired) electrons. The summed E-state index contributed by atoms with van der Waals surface area (Å²) >= 11 is 0. The maximum Gasteiger partial charge on any atom is 0.139 e. The zero-order valence-electron chi connectivity index (χ0n) is 5.78. The van der Waals surface area contributed by atoms with E-state index in [9.17, 15) is 4.39 Å². The number of ether oxygens (including phenoxy) is 1. The van der Waals surface area contributed by atoms with Crippen molar-refractivity contribution >= 4 is 0 Å². The van der Waals surface area contributed by atoms with Crippen LogP contribution in [0.3, 0.4) is 0 Å². The van der Waals surface area contributed by atoms with Crippen LogP contribution in [0, 0.1) is 0 Å². The van der Waals surface area contributed by atoms with E-state index in [1.54, 1.807) is 6.92 Å². The summed E-state index contributed by atoms with van der Waals surface area (Å²) < 4.78 is 18.5. The number of rotatable bonds is 0. The van der Waals surface area contributed by atoms with E-state index >= 15 is 0 Å². The maximum absolute atomic E-state index is 13.3. The Balaban J connectivity index is 2.28. The van der Waals surface area contributed by atoms with Crippen LogP contribution in [0.2, 0.25) is 0 Å². The Labute approximate surface area is 54.2 Å². The number of alkyl halides is 1. The Morgan fingerprint density at radius 2 is 2.22 bits per heavy atom. The molecule has 0 spiro atoms. The largest absolute Gasteiger partial charge is 0.363 e. The van der Waals surface area contributed by atoms with Gasteiger partial charge in [0.05, 0.1) is 6.10 Å². The molecule has 0 unspecified atom stereocenters. The Kier molecular flexibility index (Phi) is 0.736. The lowest BCUT2D eigenvalue weighted by molar-refractivity contribution is 0.0636. The molecule has 0 aromatic heterocycles. The highest BCUT2D eigenvalue weighted by atomic mass is 19.1. The molecule has 2 aliphatic rings. The lowest BCUT2D eigenvalue weighted by atomic mass is 9.96. The first-order valence-corrected chi connectivity index (χ1v) is 3.43. The molecule has 0 aromatic carbocycles. The predicted molar refractivity (Wildman–Crippen MR) is 32.0 cm³/mol. The molecular weight excluding hydrogens is 119 g/mol. The molecule has 2 heteroatoms. The molecule has 2 rings (SSSR count). The summed E-state index contributed by atoms with van der Waals surface area (Å²) in [6, 6.07) is 0. The second-order valence-electron chi connectivity index (χ2n) is 3.45. The SMILES string of the molecule is C[C@]1(F)CC[C@H]2O[C@]21C. The molecule has 3 atom stereocenters. The summed E-state index contributed by atoms with van der Waals surface area (Å²) in [5, 5.41) is 0. The van der Waals surface area contributed by atoms with Crippen molar-refractivity contribution in [3.05, 3.63) is 0 Å². The van der Waals surface area contributed by atoms with Gasteiger partial charge in [0.2, 0.25) is 0 Å². The number of hydrogen-bond donors (Lipinski definition) is 0. The summed E-state index contributed by atoms with van der Waals surface area (Å²) in [5.41, 5.74) is -1.47. The van der Waals surface area contributed by atoms with Gasteiger partial charge in [0.25, 0.3) is 0 Å². The van der Waals surface area contributed by atoms with Crippen LogP contribution in [-0.2, 0) is 4.74 Å². The van der Waals surface area contributed by atoms with Gasteiger partial charge in [-0.3, -0.25) is 0 Å². The Morgan fingerprint density at radius 1 is 1.56 bits per heavy atom. The average molecular weight is 130 g/mol. The Hall–Kier alpha value is -0.110. The average Bonchev–Trinajstić information content (AvgIpc) is 2.34. The smallest absolute Gasteiger partial charge is 0.139 e. The van der Waals surface area contributed by atoms with Crippen molar-refractivity contribution in [1.82, 2.24) is 0 Å². The van der Waals surface area contributed by atoms with Crippen LogP contribution < -0.4 is 0 Å². The second kappa shape index (κ2) is 1.17. The van der Waals surface area contributed by atoms with E-state index in [2.05, 4.69) is 0 Å². The number of hydrogen-bond acceptors (Lipinski definition) is 1. The summed E-state index contributed by atoms with van der Waals surface area (Å²) in [4.78, 5) is 0. The quantitative estimate of drug-likeness (QED) is 0.454. The van der Waals surface area contributed by atoms with Gasteiger partial charge >= 0.3 is 0 Å². The van der Waals surface area contributed by atoms with Crippen molar-refractivity contribution in [2.45, 2.75) is 44.1 Å². The van der Waals surface area contributed by atoms with E-state index in [4.69, 9.17) is 4.74 Å². The minimum Gasteiger partial charge on any atom is -0.363 e. The highest BCUT2D eigenvalue weighted by Gasteiger charge is 2.69. The second-order valence-corrected chi connectivity index (χ2v) is 3.45. The standard InChI is InChI=1S/C7H11FO/c1-6(8)4-3-5-7(6,2)9-5/h5H,3-4H2,1-2H3/t5-,6+,7-/m1/s1. The highest BCUT2D eigenvalue weighted by Crippen LogP contribution is 2.57. The van der Waals surface area contributed by atoms with Crippen LogP contribution >= 0.6 is 0 Å². The fourth-order valence-electron chi connectivity index (χ4n) is 1.70. The monoisotopic (exact) mass is 130 g/mol. The summed E-state index contributed by atoms with van der Waals surface area (Å²) in [7, 11) is 0. The van der Waals surface area contributed by atoms with Crippen LogP contribution in [0.25, 0.3) is 0 Å². The van der Waals surface area contributed by atoms with Gasteiger partial charge in [0, 0.05) is 0 Å². The van der Waals surface area contributed by atoms with Gasteiger partial charge in [-0.15, -0.1) is 0 Å². The predicted octanol–water partition coefficient (Wildman–Crippen LogP) is 1.67. The van der Waals surface area contributed by atoms with Crippen molar-refractivity contribution in [2.24, 2.45) is 0 Å². The van der Waals surface area contributed by atoms with Gasteiger partial charge in [-0.1, -0.05) is 0 Å². The van der Waals surface area contributed by atoms with Gasteiger partial charge < -0.3 is 4.74 Å². The van der Waals surface area contributed by atoms with Crippen molar-refractivity contribution < 1.29 is 9.13 Å². The van der Waals surface area contributed by atoms with Gasteiger partial charge in [-0.2, -0.15) is 0 Å². The molecule has 0 bridgehead atoms. The Bertz CT molecular complexity index is 150. The molecule has 1 aliphatic carbocycles. The topological polar surface area (TPSA) is 12.5 Å². The molecule has 0 aromatic rings. The summed E-state index contributed by atoms with van der Waals surface area (Å²) in [6.45, 7) is 3.50. The molecule has 1 heterocycles. The van der Waals surface area contributed by atoms with E-state index in [1.165, 1.54) is 0 Å². The first kappa shape index (κ1) is 5.66. The van der Waals surface area contributed by atoms with Gasteiger partial charge in [-0.25, -0.2) is 4.39 Å². The molecule has 0 amide bonds. The van der Waals surface area contributed by atoms with Crippen molar-refractivity contribution in [1.29, 1.82) is 0 Å².